The molecule has 7 N–H and O–H groups in total. The number of carbonyl (C=O) groups excluding carboxylic acids is 1. The molecule has 42 heavy (non-hydrogen) atoms. The summed E-state index contributed by atoms with van der Waals surface area (Å²) in [6, 6.07) is 2.68. The zero-order valence-electron chi connectivity index (χ0n) is 23.1. The van der Waals surface area contributed by atoms with Gasteiger partial charge in [-0.3, -0.25) is 14.2 Å². The van der Waals surface area contributed by atoms with Crippen molar-refractivity contribution in [2.75, 3.05) is 46.3 Å². The molecule has 0 aromatic heterocycles. The maximum Gasteiger partial charge on any atom is 0.326 e. The van der Waals surface area contributed by atoms with Crippen molar-refractivity contribution in [1.29, 1.82) is 0 Å². The summed E-state index contributed by atoms with van der Waals surface area (Å²) in [5.41, 5.74) is 7.43. The van der Waals surface area contributed by atoms with Crippen molar-refractivity contribution < 1.29 is 53.1 Å². The van der Waals surface area contributed by atoms with Gasteiger partial charge in [0.15, 0.2) is 0 Å². The first-order valence-electron chi connectivity index (χ1n) is 13.3. The van der Waals surface area contributed by atoms with Crippen molar-refractivity contribution in [3.8, 4) is 5.75 Å². The highest BCUT2D eigenvalue weighted by Crippen LogP contribution is 2.14. The van der Waals surface area contributed by atoms with Crippen molar-refractivity contribution in [2.24, 2.45) is 0 Å². The number of ether oxygens (including phenoxy) is 3. The highest BCUT2D eigenvalue weighted by atomic mass is 19.1. The molecule has 16 heteroatoms. The fourth-order valence-corrected chi connectivity index (χ4v) is 3.65. The van der Waals surface area contributed by atoms with Crippen LogP contribution < -0.4 is 26.3 Å². The van der Waals surface area contributed by atoms with Crippen molar-refractivity contribution in [3.63, 3.8) is 0 Å². The minimum Gasteiger partial charge on any atom is -0.491 e. The number of benzene rings is 1. The smallest absolute Gasteiger partial charge is 0.326 e. The van der Waals surface area contributed by atoms with E-state index in [0.29, 0.717) is 57.1 Å². The van der Waals surface area contributed by atoms with Crippen LogP contribution in [0.3, 0.4) is 0 Å². The van der Waals surface area contributed by atoms with Crippen molar-refractivity contribution in [2.45, 2.75) is 44.2 Å². The van der Waals surface area contributed by atoms with Gasteiger partial charge in [0.1, 0.15) is 24.4 Å². The van der Waals surface area contributed by atoms with Crippen molar-refractivity contribution in [3.05, 3.63) is 41.7 Å². The number of carboxylic acid groups (broad SMARTS) is 3. The van der Waals surface area contributed by atoms with Crippen molar-refractivity contribution in [1.82, 2.24) is 26.6 Å². The number of carbonyl (C=O) groups is 4. The molecule has 0 unspecified atom stereocenters. The number of allylic oxidation sites excluding steroid dienone is 1. The van der Waals surface area contributed by atoms with Crippen LogP contribution in [0.5, 0.6) is 5.75 Å². The van der Waals surface area contributed by atoms with Crippen LogP contribution in [-0.2, 0) is 30.3 Å². The molecule has 2 rings (SSSR count). The molecular weight excluding hydrogens is 561 g/mol. The lowest BCUT2D eigenvalue weighted by molar-refractivity contribution is -0.140. The van der Waals surface area contributed by atoms with Crippen LogP contribution in [0, 0.1) is 0 Å². The third-order valence-corrected chi connectivity index (χ3v) is 5.81. The number of nitrogens with zero attached hydrogens (tertiary/aromatic N) is 1. The topological polar surface area (TPSA) is 208 Å². The summed E-state index contributed by atoms with van der Waals surface area (Å²) in [4.78, 5) is 45.7. The number of aliphatic carboxylic acids is 3. The minimum atomic E-state index is -1.48. The molecule has 0 spiro atoms. The third-order valence-electron chi connectivity index (χ3n) is 5.81. The first-order chi connectivity index (χ1) is 20.2. The molecule has 0 aliphatic carbocycles. The molecule has 1 aliphatic heterocycles. The second-order valence-corrected chi connectivity index (χ2v) is 9.13. The van der Waals surface area contributed by atoms with Crippen LogP contribution in [0.15, 0.2) is 36.2 Å². The summed E-state index contributed by atoms with van der Waals surface area (Å²) in [5, 5.41) is 33.4. The van der Waals surface area contributed by atoms with E-state index in [2.05, 4.69) is 21.6 Å². The van der Waals surface area contributed by atoms with Crippen LogP contribution in [0.1, 0.15) is 31.2 Å². The number of hydrogen-bond donors (Lipinski definition) is 7. The number of carboxylic acids is 3. The molecule has 1 aliphatic rings. The van der Waals surface area contributed by atoms with Gasteiger partial charge in [0.2, 0.25) is 0 Å². The van der Waals surface area contributed by atoms with E-state index in [1.54, 1.807) is 24.3 Å². The van der Waals surface area contributed by atoms with E-state index in [1.807, 2.05) is 11.2 Å². The monoisotopic (exact) mass is 599 g/mol. The van der Waals surface area contributed by atoms with E-state index < -0.39 is 42.4 Å². The molecule has 1 aromatic carbocycles. The molecule has 2 atom stereocenters. The molecule has 15 nitrogen and oxygen atoms in total. The quantitative estimate of drug-likeness (QED) is 0.0914. The van der Waals surface area contributed by atoms with Crippen molar-refractivity contribution >= 4 is 23.9 Å². The Hall–Kier alpha value is -4.15. The Morgan fingerprint density at radius 1 is 0.905 bits per heavy atom. The molecular formula is C26H38FN5O10. The minimum absolute atomic E-state index is 0.0834. The van der Waals surface area contributed by atoms with Crippen LogP contribution >= 0.6 is 0 Å². The SMILES string of the molecule is O=C(O)CC[C@H](NC(=O)N[C@@H](Cc1ccc(OCCOCCOCCN2C=C(CCCF)NN2)cc1)C(=O)O)C(=O)O. The Bertz CT molecular complexity index is 1040. The number of hydrazine groups is 2. The Morgan fingerprint density at radius 2 is 1.55 bits per heavy atom. The molecule has 234 valence electrons. The summed E-state index contributed by atoms with van der Waals surface area (Å²) >= 11 is 0. The molecule has 0 saturated carbocycles. The van der Waals surface area contributed by atoms with E-state index >= 15 is 0 Å². The van der Waals surface area contributed by atoms with Gasteiger partial charge in [-0.2, -0.15) is 0 Å². The van der Waals surface area contributed by atoms with E-state index in [9.17, 15) is 28.7 Å². The highest BCUT2D eigenvalue weighted by Gasteiger charge is 2.25. The van der Waals surface area contributed by atoms with E-state index in [-0.39, 0.29) is 26.1 Å². The maximum atomic E-state index is 12.2. The normalized spacial score (nSPS) is 13.9. The average molecular weight is 600 g/mol. The van der Waals surface area contributed by atoms with E-state index in [4.69, 9.17) is 24.4 Å². The average Bonchev–Trinajstić information content (AvgIpc) is 3.40. The van der Waals surface area contributed by atoms with Gasteiger partial charge in [-0.15, -0.1) is 5.53 Å². The molecule has 0 radical (unpaired) electrons. The van der Waals surface area contributed by atoms with Gasteiger partial charge in [0.25, 0.3) is 0 Å². The maximum absolute atomic E-state index is 12.2. The summed E-state index contributed by atoms with van der Waals surface area (Å²) < 4.78 is 28.8. The first-order valence-corrected chi connectivity index (χ1v) is 13.3. The molecule has 0 saturated heterocycles. The zero-order valence-corrected chi connectivity index (χ0v) is 23.1. The number of urea groups is 1. The second-order valence-electron chi connectivity index (χ2n) is 9.13. The van der Waals surface area contributed by atoms with Gasteiger partial charge in [-0.05, 0) is 37.0 Å². The van der Waals surface area contributed by atoms with Crippen LogP contribution in [0.4, 0.5) is 9.18 Å². The lowest BCUT2D eigenvalue weighted by atomic mass is 10.1. The number of nitrogens with one attached hydrogen (secondary N) is 4. The van der Waals surface area contributed by atoms with Gasteiger partial charge in [-0.25, -0.2) is 14.4 Å². The standard InChI is InChI=1S/C26H38FN5O10/c27-9-1-2-19-17-32(31-30-19)10-11-40-12-13-41-14-15-42-20-5-3-18(4-6-20)16-22(25(37)38)29-26(39)28-21(24(35)36)7-8-23(33)34/h3-6,17,21-22,30-31H,1-2,7-16H2,(H,33,34)(H,35,36)(H,37,38)(H2,28,29,39)/t21-,22-/m0/s1. The fraction of sp³-hybridized carbons (Fsp3) is 0.538. The molecule has 0 fully saturated rings. The lowest BCUT2D eigenvalue weighted by Gasteiger charge is -2.18. The Labute approximate surface area is 241 Å². The Morgan fingerprint density at radius 3 is 2.19 bits per heavy atom. The fourth-order valence-electron chi connectivity index (χ4n) is 3.65. The Balaban J connectivity index is 1.61. The molecule has 2 amide bonds. The largest absolute Gasteiger partial charge is 0.491 e. The number of hydrogen-bond acceptors (Lipinski definition) is 10. The number of alkyl halides is 1. The van der Waals surface area contributed by atoms with Gasteiger partial charge >= 0.3 is 23.9 Å². The summed E-state index contributed by atoms with van der Waals surface area (Å²) in [6.45, 7) is 2.14. The summed E-state index contributed by atoms with van der Waals surface area (Å²) in [7, 11) is 0. The van der Waals surface area contributed by atoms with Gasteiger partial charge in [0, 0.05) is 24.7 Å². The highest BCUT2D eigenvalue weighted by molar-refractivity contribution is 5.86. The van der Waals surface area contributed by atoms with Gasteiger partial charge < -0.3 is 45.6 Å². The molecule has 1 heterocycles. The van der Waals surface area contributed by atoms with Gasteiger partial charge in [0.05, 0.1) is 39.6 Å². The molecule has 0 bridgehead atoms. The summed E-state index contributed by atoms with van der Waals surface area (Å²) in [6.07, 6.45) is 2.08. The van der Waals surface area contributed by atoms with E-state index in [1.165, 1.54) is 0 Å². The van der Waals surface area contributed by atoms with Crippen LogP contribution in [0.25, 0.3) is 0 Å². The second kappa shape index (κ2) is 19.1. The number of rotatable bonds is 22. The predicted molar refractivity (Wildman–Crippen MR) is 145 cm³/mol. The van der Waals surface area contributed by atoms with Gasteiger partial charge in [-0.1, -0.05) is 12.1 Å². The zero-order chi connectivity index (χ0) is 30.7. The lowest BCUT2D eigenvalue weighted by Crippen LogP contribution is -2.51. The third kappa shape index (κ3) is 14.0. The number of amides is 2. The molecule has 1 aromatic rings. The first kappa shape index (κ1) is 34.1. The summed E-state index contributed by atoms with van der Waals surface area (Å²) in [5.74, 6) is -3.46. The number of halogens is 1. The Kier molecular flexibility index (Phi) is 15.5. The van der Waals surface area contributed by atoms with E-state index in [0.717, 1.165) is 5.70 Å². The van der Waals surface area contributed by atoms with Crippen LogP contribution in [0.2, 0.25) is 0 Å². The predicted octanol–water partition coefficient (Wildman–Crippen LogP) is 0.627. The van der Waals surface area contributed by atoms with Crippen LogP contribution in [-0.4, -0.2) is 103 Å².